The summed E-state index contributed by atoms with van der Waals surface area (Å²) in [4.78, 5) is 12.2. The first-order valence-corrected chi connectivity index (χ1v) is 9.75. The second-order valence-corrected chi connectivity index (χ2v) is 7.44. The van der Waals surface area contributed by atoms with Gasteiger partial charge in [-0.1, -0.05) is 13.8 Å². The number of hydrogen-bond donors (Lipinski definition) is 3. The molecule has 0 saturated carbocycles. The molecule has 0 radical (unpaired) electrons. The van der Waals surface area contributed by atoms with Crippen molar-refractivity contribution in [3.05, 3.63) is 58.8 Å². The minimum absolute atomic E-state index is 0.206. The van der Waals surface area contributed by atoms with Crippen LogP contribution in [0.5, 0.6) is 0 Å². The average Bonchev–Trinajstić information content (AvgIpc) is 3.29. The van der Waals surface area contributed by atoms with Crippen LogP contribution in [0.1, 0.15) is 47.7 Å². The number of benzene rings is 1. The Hall–Kier alpha value is -3.67. The zero-order chi connectivity index (χ0) is 21.7. The van der Waals surface area contributed by atoms with Crippen LogP contribution < -0.4 is 11.1 Å². The van der Waals surface area contributed by atoms with E-state index in [0.717, 1.165) is 12.1 Å². The smallest absolute Gasteiger partial charge is 0.271 e. The number of aromatic amines is 1. The Bertz CT molecular complexity index is 1060. The first-order chi connectivity index (χ1) is 14.4. The molecule has 2 aromatic heterocycles. The number of carbonyl (C=O) groups is 1. The van der Waals surface area contributed by atoms with Crippen LogP contribution in [0.3, 0.4) is 0 Å². The summed E-state index contributed by atoms with van der Waals surface area (Å²) < 4.78 is 14.6. The Balaban J connectivity index is 1.59. The number of nitrogen functional groups attached to an aromatic ring is 1. The second-order valence-electron chi connectivity index (χ2n) is 7.44. The van der Waals surface area contributed by atoms with Crippen LogP contribution >= 0.6 is 0 Å². The summed E-state index contributed by atoms with van der Waals surface area (Å²) in [5, 5.41) is 23.6. The molecule has 0 atom stereocenters. The van der Waals surface area contributed by atoms with E-state index in [1.807, 2.05) is 0 Å². The quantitative estimate of drug-likeness (QED) is 0.493. The third kappa shape index (κ3) is 4.84. The molecule has 0 unspecified atom stereocenters. The number of carbonyl (C=O) groups excluding carboxylic acids is 1. The Morgan fingerprint density at radius 3 is 2.77 bits per heavy atom. The van der Waals surface area contributed by atoms with E-state index in [9.17, 15) is 14.4 Å². The standard InChI is InChI=1S/C21H24FN7O/c1-13(2)10-15-11-19(27-26-15)21(30)25-9-3-4-18-17(12-23)20(24)29(28-18)16-7-5-14(22)6-8-16/h5-8,11,13H,3-4,9-10,24H2,1-2H3,(H,25,30)(H,26,27). The van der Waals surface area contributed by atoms with E-state index >= 15 is 0 Å². The summed E-state index contributed by atoms with van der Waals surface area (Å²) in [5.74, 6) is 0.0579. The number of hydrogen-bond acceptors (Lipinski definition) is 5. The largest absolute Gasteiger partial charge is 0.382 e. The lowest BCUT2D eigenvalue weighted by molar-refractivity contribution is 0.0948. The van der Waals surface area contributed by atoms with Crippen LogP contribution in [-0.2, 0) is 12.8 Å². The molecule has 2 heterocycles. The fourth-order valence-corrected chi connectivity index (χ4v) is 3.12. The fourth-order valence-electron chi connectivity index (χ4n) is 3.12. The van der Waals surface area contributed by atoms with E-state index in [4.69, 9.17) is 5.73 Å². The molecule has 8 nitrogen and oxygen atoms in total. The highest BCUT2D eigenvalue weighted by molar-refractivity contribution is 5.92. The number of H-pyrrole nitrogens is 1. The molecule has 0 saturated heterocycles. The second kappa shape index (κ2) is 9.22. The third-order valence-electron chi connectivity index (χ3n) is 4.54. The number of anilines is 1. The van der Waals surface area contributed by atoms with Crippen LogP contribution in [0.15, 0.2) is 30.3 Å². The highest BCUT2D eigenvalue weighted by Crippen LogP contribution is 2.21. The number of nitrogens with zero attached hydrogens (tertiary/aromatic N) is 4. The summed E-state index contributed by atoms with van der Waals surface area (Å²) >= 11 is 0. The van der Waals surface area contributed by atoms with Crippen molar-refractivity contribution in [1.82, 2.24) is 25.3 Å². The lowest BCUT2D eigenvalue weighted by Gasteiger charge is -2.03. The van der Waals surface area contributed by atoms with Crippen molar-refractivity contribution >= 4 is 11.7 Å². The monoisotopic (exact) mass is 409 g/mol. The van der Waals surface area contributed by atoms with Crippen molar-refractivity contribution < 1.29 is 9.18 Å². The highest BCUT2D eigenvalue weighted by atomic mass is 19.1. The van der Waals surface area contributed by atoms with Crippen molar-refractivity contribution in [2.24, 2.45) is 5.92 Å². The Morgan fingerprint density at radius 2 is 2.10 bits per heavy atom. The summed E-state index contributed by atoms with van der Waals surface area (Å²) in [6, 6.07) is 9.53. The van der Waals surface area contributed by atoms with Gasteiger partial charge in [0.1, 0.15) is 29.0 Å². The van der Waals surface area contributed by atoms with Gasteiger partial charge in [0, 0.05) is 12.2 Å². The molecule has 0 aliphatic rings. The highest BCUT2D eigenvalue weighted by Gasteiger charge is 2.17. The Kier molecular flexibility index (Phi) is 6.47. The molecule has 9 heteroatoms. The molecule has 0 aliphatic heterocycles. The van der Waals surface area contributed by atoms with Gasteiger partial charge in [-0.25, -0.2) is 9.07 Å². The predicted molar refractivity (Wildman–Crippen MR) is 110 cm³/mol. The lowest BCUT2D eigenvalue weighted by atomic mass is 10.1. The first-order valence-electron chi connectivity index (χ1n) is 9.75. The number of nitrogens with one attached hydrogen (secondary N) is 2. The normalized spacial score (nSPS) is 10.9. The van der Waals surface area contributed by atoms with Crippen LogP contribution in [0.4, 0.5) is 10.2 Å². The molecule has 1 amide bonds. The van der Waals surface area contributed by atoms with Gasteiger partial charge in [-0.15, -0.1) is 0 Å². The van der Waals surface area contributed by atoms with Crippen LogP contribution in [0.2, 0.25) is 0 Å². The van der Waals surface area contributed by atoms with Gasteiger partial charge in [0.15, 0.2) is 0 Å². The first kappa shape index (κ1) is 21.0. The minimum atomic E-state index is -0.366. The summed E-state index contributed by atoms with van der Waals surface area (Å²) in [7, 11) is 0. The van der Waals surface area contributed by atoms with Crippen LogP contribution in [-0.4, -0.2) is 32.4 Å². The topological polar surface area (TPSA) is 125 Å². The number of nitrogens with two attached hydrogens (primary N) is 1. The number of nitriles is 1. The summed E-state index contributed by atoms with van der Waals surface area (Å²) in [6.45, 7) is 4.60. The molecule has 0 spiro atoms. The molecule has 3 aromatic rings. The van der Waals surface area contributed by atoms with E-state index in [2.05, 4.69) is 40.5 Å². The number of halogens is 1. The molecule has 0 aliphatic carbocycles. The van der Waals surface area contributed by atoms with Gasteiger partial charge in [-0.2, -0.15) is 15.5 Å². The number of rotatable bonds is 8. The third-order valence-corrected chi connectivity index (χ3v) is 4.54. The van der Waals surface area contributed by atoms with Crippen molar-refractivity contribution in [3.63, 3.8) is 0 Å². The molecular formula is C21H24FN7O. The minimum Gasteiger partial charge on any atom is -0.382 e. The van der Waals surface area contributed by atoms with Gasteiger partial charge < -0.3 is 11.1 Å². The summed E-state index contributed by atoms with van der Waals surface area (Å²) in [6.07, 6.45) is 1.86. The van der Waals surface area contributed by atoms with Gasteiger partial charge >= 0.3 is 0 Å². The average molecular weight is 409 g/mol. The zero-order valence-corrected chi connectivity index (χ0v) is 16.9. The van der Waals surface area contributed by atoms with E-state index < -0.39 is 0 Å². The molecule has 4 N–H and O–H groups in total. The van der Waals surface area contributed by atoms with Gasteiger partial charge in [-0.05, 0) is 55.5 Å². The van der Waals surface area contributed by atoms with Crippen molar-refractivity contribution in [1.29, 1.82) is 5.26 Å². The number of aromatic nitrogens is 4. The van der Waals surface area contributed by atoms with Gasteiger partial charge in [0.25, 0.3) is 5.91 Å². The zero-order valence-electron chi connectivity index (χ0n) is 16.9. The molecule has 0 bridgehead atoms. The Labute approximate surface area is 173 Å². The number of aryl methyl sites for hydroxylation is 1. The van der Waals surface area contributed by atoms with Gasteiger partial charge in [0.05, 0.1) is 11.4 Å². The SMILES string of the molecule is CC(C)Cc1cc(C(=O)NCCCc2nn(-c3ccc(F)cc3)c(N)c2C#N)n[nH]1. The predicted octanol–water partition coefficient (Wildman–Crippen LogP) is 2.75. The van der Waals surface area contributed by atoms with Crippen LogP contribution in [0, 0.1) is 23.1 Å². The van der Waals surface area contributed by atoms with E-state index in [-0.39, 0.29) is 23.1 Å². The van der Waals surface area contributed by atoms with E-state index in [1.54, 1.807) is 18.2 Å². The maximum Gasteiger partial charge on any atom is 0.271 e. The van der Waals surface area contributed by atoms with Gasteiger partial charge in [0.2, 0.25) is 0 Å². The Morgan fingerprint density at radius 1 is 1.37 bits per heavy atom. The summed E-state index contributed by atoms with van der Waals surface area (Å²) in [5.41, 5.74) is 8.73. The van der Waals surface area contributed by atoms with Gasteiger partial charge in [-0.3, -0.25) is 9.89 Å². The van der Waals surface area contributed by atoms with Crippen molar-refractivity contribution in [2.45, 2.75) is 33.1 Å². The maximum atomic E-state index is 13.1. The molecular weight excluding hydrogens is 385 g/mol. The van der Waals surface area contributed by atoms with E-state index in [0.29, 0.717) is 42.4 Å². The lowest BCUT2D eigenvalue weighted by Crippen LogP contribution is -2.25. The fraction of sp³-hybridized carbons (Fsp3) is 0.333. The molecule has 0 fully saturated rings. The van der Waals surface area contributed by atoms with E-state index in [1.165, 1.54) is 16.8 Å². The molecule has 30 heavy (non-hydrogen) atoms. The van der Waals surface area contributed by atoms with Crippen molar-refractivity contribution in [3.8, 4) is 11.8 Å². The number of amides is 1. The molecule has 3 rings (SSSR count). The van der Waals surface area contributed by atoms with Crippen LogP contribution in [0.25, 0.3) is 5.69 Å². The molecule has 156 valence electrons. The molecule has 1 aromatic carbocycles. The maximum absolute atomic E-state index is 13.1. The van der Waals surface area contributed by atoms with Crippen molar-refractivity contribution in [2.75, 3.05) is 12.3 Å².